The number of benzene rings is 2. The zero-order chi connectivity index (χ0) is 13.7. The first-order valence-corrected chi connectivity index (χ1v) is 8.01. The third-order valence-electron chi connectivity index (χ3n) is 3.65. The van der Waals surface area contributed by atoms with E-state index in [1.54, 1.807) is 0 Å². The summed E-state index contributed by atoms with van der Waals surface area (Å²) in [5, 5.41) is 4.70. The largest absolute Gasteiger partial charge is 0.277 e. The number of rotatable bonds is 0. The van der Waals surface area contributed by atoms with Crippen LogP contribution in [-0.4, -0.2) is 12.8 Å². The molecule has 2 aromatic rings. The summed E-state index contributed by atoms with van der Waals surface area (Å²) in [5.74, 6) is 0. The van der Waals surface area contributed by atoms with Crippen LogP contribution in [0.25, 0.3) is 22.9 Å². The smallest absolute Gasteiger partial charge is 0.0963 e. The van der Waals surface area contributed by atoms with Crippen LogP contribution in [0.2, 0.25) is 0 Å². The van der Waals surface area contributed by atoms with E-state index < -0.39 is 0 Å². The van der Waals surface area contributed by atoms with E-state index in [2.05, 4.69) is 72.2 Å². The minimum Gasteiger partial charge on any atom is -0.277 e. The summed E-state index contributed by atoms with van der Waals surface area (Å²) >= 11 is 7.16. The van der Waals surface area contributed by atoms with Gasteiger partial charge in [0.25, 0.3) is 0 Å². The molecule has 0 radical (unpaired) electrons. The highest BCUT2D eigenvalue weighted by Crippen LogP contribution is 2.27. The van der Waals surface area contributed by atoms with Crippen molar-refractivity contribution in [2.24, 2.45) is 9.98 Å². The monoisotopic (exact) mass is 388 g/mol. The van der Waals surface area contributed by atoms with E-state index in [1.165, 1.54) is 26.0 Å². The summed E-state index contributed by atoms with van der Waals surface area (Å²) in [5.41, 5.74) is 2.16. The molecule has 0 aromatic heterocycles. The number of allylic oxidation sites excluding steroid dienone is 1. The molecule has 0 spiro atoms. The van der Waals surface area contributed by atoms with Crippen molar-refractivity contribution in [3.63, 3.8) is 0 Å². The molecule has 4 heteroatoms. The standard InChI is InChI=1S/C16H10Br2N2/c17-9-1-3-11-12-4-2-10(18)8-14(12)16-15(13(11)7-9)19-5-6-20-16/h1,3-4,6-8H,2,5H2. The predicted octanol–water partition coefficient (Wildman–Crippen LogP) is 3.86. The minimum atomic E-state index is 0.655. The lowest BCUT2D eigenvalue weighted by Gasteiger charge is -2.14. The quantitative estimate of drug-likeness (QED) is 0.653. The van der Waals surface area contributed by atoms with Crippen LogP contribution >= 0.6 is 31.9 Å². The molecule has 2 aromatic carbocycles. The number of fused-ring (bicyclic) bond motifs is 6. The van der Waals surface area contributed by atoms with Crippen LogP contribution in [-0.2, 0) is 0 Å². The summed E-state index contributed by atoms with van der Waals surface area (Å²) in [7, 11) is 0. The number of halogens is 2. The molecule has 4 rings (SSSR count). The van der Waals surface area contributed by atoms with Gasteiger partial charge in [0, 0.05) is 21.6 Å². The van der Waals surface area contributed by atoms with E-state index in [-0.39, 0.29) is 0 Å². The fraction of sp³-hybridized carbons (Fsp3) is 0.125. The molecule has 1 heterocycles. The molecule has 0 bridgehead atoms. The Morgan fingerprint density at radius 2 is 2.00 bits per heavy atom. The maximum Gasteiger partial charge on any atom is 0.0963 e. The second kappa shape index (κ2) is 4.64. The average molecular weight is 390 g/mol. The first-order valence-electron chi connectivity index (χ1n) is 6.42. The van der Waals surface area contributed by atoms with Crippen molar-refractivity contribution in [2.45, 2.75) is 6.42 Å². The molecule has 0 saturated carbocycles. The van der Waals surface area contributed by atoms with Gasteiger partial charge in [0.05, 0.1) is 17.6 Å². The van der Waals surface area contributed by atoms with Gasteiger partial charge in [-0.1, -0.05) is 44.0 Å². The van der Waals surface area contributed by atoms with Crippen molar-refractivity contribution in [1.82, 2.24) is 0 Å². The van der Waals surface area contributed by atoms with E-state index in [4.69, 9.17) is 0 Å². The van der Waals surface area contributed by atoms with Crippen molar-refractivity contribution in [3.8, 4) is 0 Å². The van der Waals surface area contributed by atoms with Gasteiger partial charge in [-0.25, -0.2) is 0 Å². The first-order chi connectivity index (χ1) is 9.74. The van der Waals surface area contributed by atoms with Gasteiger partial charge in [0.15, 0.2) is 0 Å². The third-order valence-corrected chi connectivity index (χ3v) is 4.70. The first kappa shape index (κ1) is 12.5. The molecule has 0 fully saturated rings. The molecule has 98 valence electrons. The van der Waals surface area contributed by atoms with Crippen molar-refractivity contribution in [1.29, 1.82) is 0 Å². The number of aliphatic imine (C=N–C) groups is 1. The molecule has 0 amide bonds. The van der Waals surface area contributed by atoms with E-state index >= 15 is 0 Å². The van der Waals surface area contributed by atoms with Crippen molar-refractivity contribution in [2.75, 3.05) is 6.54 Å². The van der Waals surface area contributed by atoms with Crippen LogP contribution < -0.4 is 10.6 Å². The van der Waals surface area contributed by atoms with Gasteiger partial charge in [0.2, 0.25) is 0 Å². The maximum absolute atomic E-state index is 4.67. The zero-order valence-corrected chi connectivity index (χ0v) is 13.7. The number of hydrogen-bond acceptors (Lipinski definition) is 2. The molecule has 2 aliphatic rings. The minimum absolute atomic E-state index is 0.655. The normalized spacial score (nSPS) is 16.0. The molecule has 2 nitrogen and oxygen atoms in total. The molecular formula is C16H10Br2N2. The van der Waals surface area contributed by atoms with E-state index in [0.717, 1.165) is 21.9 Å². The Bertz CT molecular complexity index is 924. The lowest BCUT2D eigenvalue weighted by molar-refractivity contribution is 1.17. The maximum atomic E-state index is 4.67. The summed E-state index contributed by atoms with van der Waals surface area (Å²) < 4.78 is 2.26. The lowest BCUT2D eigenvalue weighted by atomic mass is 9.96. The van der Waals surface area contributed by atoms with Crippen LogP contribution in [0.15, 0.2) is 37.1 Å². The highest BCUT2D eigenvalue weighted by atomic mass is 79.9. The second-order valence-electron chi connectivity index (χ2n) is 4.87. The Morgan fingerprint density at radius 3 is 2.90 bits per heavy atom. The second-order valence-corrected chi connectivity index (χ2v) is 6.80. The summed E-state index contributed by atoms with van der Waals surface area (Å²) in [6.45, 7) is 0.655. The lowest BCUT2D eigenvalue weighted by Crippen LogP contribution is -2.21. The molecule has 0 N–H and O–H groups in total. The fourth-order valence-electron chi connectivity index (χ4n) is 2.81. The topological polar surface area (TPSA) is 24.7 Å². The van der Waals surface area contributed by atoms with Gasteiger partial charge >= 0.3 is 0 Å². The van der Waals surface area contributed by atoms with E-state index in [9.17, 15) is 0 Å². The fourth-order valence-corrected chi connectivity index (χ4v) is 3.56. The Morgan fingerprint density at radius 1 is 1.10 bits per heavy atom. The molecule has 1 aliphatic heterocycles. The van der Waals surface area contributed by atoms with Gasteiger partial charge in [-0.15, -0.1) is 0 Å². The Hall–Kier alpha value is -1.26. The van der Waals surface area contributed by atoms with Gasteiger partial charge in [0.1, 0.15) is 0 Å². The molecule has 0 atom stereocenters. The summed E-state index contributed by atoms with van der Waals surface area (Å²) in [4.78, 5) is 9.27. The van der Waals surface area contributed by atoms with E-state index in [1.807, 2.05) is 6.21 Å². The number of nitrogens with zero attached hydrogens (tertiary/aromatic N) is 2. The highest BCUT2D eigenvalue weighted by Gasteiger charge is 2.15. The average Bonchev–Trinajstić information content (AvgIpc) is 2.47. The molecular weight excluding hydrogens is 380 g/mol. The summed E-state index contributed by atoms with van der Waals surface area (Å²) in [6, 6.07) is 6.39. The molecule has 0 saturated heterocycles. The SMILES string of the molecule is BrC1=Cc2c3c(c4cc(Br)ccc4c2=CC1)=NCC=N3. The van der Waals surface area contributed by atoms with E-state index in [0.29, 0.717) is 6.54 Å². The Labute approximate surface area is 132 Å². The van der Waals surface area contributed by atoms with Crippen LogP contribution in [0.1, 0.15) is 12.0 Å². The van der Waals surface area contributed by atoms with Crippen LogP contribution in [0.4, 0.5) is 5.69 Å². The molecule has 20 heavy (non-hydrogen) atoms. The van der Waals surface area contributed by atoms with Crippen molar-refractivity contribution >= 4 is 66.7 Å². The van der Waals surface area contributed by atoms with Gasteiger partial charge in [-0.3, -0.25) is 9.98 Å². The van der Waals surface area contributed by atoms with Crippen LogP contribution in [0.5, 0.6) is 0 Å². The summed E-state index contributed by atoms with van der Waals surface area (Å²) in [6.07, 6.45) is 7.24. The third kappa shape index (κ3) is 1.82. The van der Waals surface area contributed by atoms with Crippen molar-refractivity contribution < 1.29 is 0 Å². The van der Waals surface area contributed by atoms with Gasteiger partial charge < -0.3 is 0 Å². The predicted molar refractivity (Wildman–Crippen MR) is 91.4 cm³/mol. The molecule has 1 aliphatic carbocycles. The number of hydrogen-bond donors (Lipinski definition) is 0. The highest BCUT2D eigenvalue weighted by molar-refractivity contribution is 9.11. The van der Waals surface area contributed by atoms with Crippen molar-refractivity contribution in [3.05, 3.63) is 43.3 Å². The van der Waals surface area contributed by atoms with Crippen LogP contribution in [0.3, 0.4) is 0 Å². The van der Waals surface area contributed by atoms with Gasteiger partial charge in [-0.05, 0) is 39.7 Å². The molecule has 0 unspecified atom stereocenters. The van der Waals surface area contributed by atoms with Crippen LogP contribution in [0, 0.1) is 0 Å². The van der Waals surface area contributed by atoms with Gasteiger partial charge in [-0.2, -0.15) is 0 Å². The zero-order valence-electron chi connectivity index (χ0n) is 10.5. The Kier molecular flexibility index (Phi) is 2.89. The Balaban J connectivity index is 2.31.